The van der Waals surface area contributed by atoms with E-state index >= 15 is 0 Å². The number of aliphatic hydroxyl groups is 1. The zero-order valence-electron chi connectivity index (χ0n) is 8.95. The second-order valence-corrected chi connectivity index (χ2v) is 3.26. The summed E-state index contributed by atoms with van der Waals surface area (Å²) in [6, 6.07) is -0.146. The number of carbonyl (C=O) groups is 1. The Bertz CT molecular complexity index is 160. The Morgan fingerprint density at radius 1 is 1.46 bits per heavy atom. The Labute approximate surface area is 80.1 Å². The van der Waals surface area contributed by atoms with E-state index in [0.717, 1.165) is 6.54 Å². The fraction of sp³-hybridized carbons (Fsp3) is 0.889. The molecule has 0 aliphatic heterocycles. The third-order valence-electron chi connectivity index (χ3n) is 2.14. The molecule has 78 valence electrons. The second-order valence-electron chi connectivity index (χ2n) is 3.26. The summed E-state index contributed by atoms with van der Waals surface area (Å²) in [5.74, 6) is 0.0790. The lowest BCUT2D eigenvalue weighted by Gasteiger charge is -2.28. The minimum Gasteiger partial charge on any atom is -0.395 e. The first kappa shape index (κ1) is 12.4. The lowest BCUT2D eigenvalue weighted by atomic mass is 10.2. The number of likely N-dealkylation sites (N-methyl/N-ethyl adjacent to an activating group) is 2. The number of hydrogen-bond donors (Lipinski definition) is 1. The van der Waals surface area contributed by atoms with Gasteiger partial charge < -0.3 is 10.0 Å². The molecular formula is C9H20N2O2. The number of nitrogens with zero attached hydrogens (tertiary/aromatic N) is 2. The lowest BCUT2D eigenvalue weighted by Crippen LogP contribution is -2.45. The van der Waals surface area contributed by atoms with Crippen LogP contribution in [0.15, 0.2) is 0 Å². The molecule has 0 aromatic rings. The van der Waals surface area contributed by atoms with E-state index in [2.05, 4.69) is 0 Å². The monoisotopic (exact) mass is 188 g/mol. The van der Waals surface area contributed by atoms with Crippen molar-refractivity contribution in [1.29, 1.82) is 0 Å². The molecule has 1 atom stereocenters. The first-order chi connectivity index (χ1) is 6.04. The fourth-order valence-electron chi connectivity index (χ4n) is 1.28. The maximum Gasteiger partial charge on any atom is 0.239 e. The molecule has 0 aromatic heterocycles. The van der Waals surface area contributed by atoms with Gasteiger partial charge in [0, 0.05) is 20.6 Å². The third-order valence-corrected chi connectivity index (χ3v) is 2.14. The van der Waals surface area contributed by atoms with Gasteiger partial charge in [0.05, 0.1) is 12.6 Å². The van der Waals surface area contributed by atoms with E-state index in [4.69, 9.17) is 5.11 Å². The normalized spacial score (nSPS) is 13.1. The summed E-state index contributed by atoms with van der Waals surface area (Å²) in [6.45, 7) is 5.27. The highest BCUT2D eigenvalue weighted by molar-refractivity contribution is 5.80. The maximum absolute atomic E-state index is 11.5. The van der Waals surface area contributed by atoms with Crippen molar-refractivity contribution in [3.05, 3.63) is 0 Å². The van der Waals surface area contributed by atoms with Crippen LogP contribution in [0.5, 0.6) is 0 Å². The average Bonchev–Trinajstić information content (AvgIpc) is 2.11. The predicted molar refractivity (Wildman–Crippen MR) is 52.5 cm³/mol. The van der Waals surface area contributed by atoms with Crippen LogP contribution in [-0.4, -0.2) is 60.6 Å². The number of rotatable bonds is 5. The quantitative estimate of drug-likeness (QED) is 0.648. The molecule has 0 bridgehead atoms. The zero-order valence-corrected chi connectivity index (χ0v) is 8.95. The van der Waals surface area contributed by atoms with Crippen molar-refractivity contribution in [2.24, 2.45) is 0 Å². The topological polar surface area (TPSA) is 43.8 Å². The van der Waals surface area contributed by atoms with Crippen LogP contribution in [0.1, 0.15) is 13.8 Å². The smallest absolute Gasteiger partial charge is 0.239 e. The van der Waals surface area contributed by atoms with Crippen LogP contribution in [0.4, 0.5) is 0 Å². The molecule has 0 aromatic carbocycles. The van der Waals surface area contributed by atoms with Gasteiger partial charge >= 0.3 is 0 Å². The standard InChI is InChI=1S/C9H20N2O2/c1-5-11(6-7-12)8(2)9(13)10(3)4/h8,12H,5-7H2,1-4H3. The summed E-state index contributed by atoms with van der Waals surface area (Å²) in [6.07, 6.45) is 0. The summed E-state index contributed by atoms with van der Waals surface area (Å²) in [5.41, 5.74) is 0. The van der Waals surface area contributed by atoms with Crippen molar-refractivity contribution < 1.29 is 9.90 Å². The lowest BCUT2D eigenvalue weighted by molar-refractivity contribution is -0.133. The van der Waals surface area contributed by atoms with E-state index < -0.39 is 0 Å². The fourth-order valence-corrected chi connectivity index (χ4v) is 1.28. The summed E-state index contributed by atoms with van der Waals surface area (Å²) < 4.78 is 0. The molecular weight excluding hydrogens is 168 g/mol. The molecule has 0 radical (unpaired) electrons. The number of amides is 1. The molecule has 0 aliphatic rings. The van der Waals surface area contributed by atoms with Crippen molar-refractivity contribution in [3.63, 3.8) is 0 Å². The molecule has 13 heavy (non-hydrogen) atoms. The number of hydrogen-bond acceptors (Lipinski definition) is 3. The van der Waals surface area contributed by atoms with Crippen molar-refractivity contribution in [2.45, 2.75) is 19.9 Å². The highest BCUT2D eigenvalue weighted by Crippen LogP contribution is 2.00. The predicted octanol–water partition coefficient (Wildman–Crippen LogP) is -0.223. The highest BCUT2D eigenvalue weighted by atomic mass is 16.3. The first-order valence-electron chi connectivity index (χ1n) is 4.60. The van der Waals surface area contributed by atoms with Crippen molar-refractivity contribution in [3.8, 4) is 0 Å². The van der Waals surface area contributed by atoms with Gasteiger partial charge in [-0.15, -0.1) is 0 Å². The first-order valence-corrected chi connectivity index (χ1v) is 4.60. The molecule has 4 nitrogen and oxygen atoms in total. The van der Waals surface area contributed by atoms with Gasteiger partial charge in [0.1, 0.15) is 0 Å². The van der Waals surface area contributed by atoms with Crippen LogP contribution in [0.2, 0.25) is 0 Å². The number of carbonyl (C=O) groups excluding carboxylic acids is 1. The summed E-state index contributed by atoms with van der Waals surface area (Å²) >= 11 is 0. The van der Waals surface area contributed by atoms with Crippen LogP contribution in [-0.2, 0) is 4.79 Å². The minimum atomic E-state index is -0.146. The third kappa shape index (κ3) is 3.74. The Kier molecular flexibility index (Phi) is 5.66. The van der Waals surface area contributed by atoms with Gasteiger partial charge in [-0.1, -0.05) is 6.92 Å². The van der Waals surface area contributed by atoms with Crippen LogP contribution in [0.25, 0.3) is 0 Å². The molecule has 0 spiro atoms. The Hall–Kier alpha value is -0.610. The molecule has 1 N–H and O–H groups in total. The molecule has 0 fully saturated rings. The summed E-state index contributed by atoms with van der Waals surface area (Å²) in [4.78, 5) is 15.0. The maximum atomic E-state index is 11.5. The van der Waals surface area contributed by atoms with E-state index in [1.807, 2.05) is 18.7 Å². The Morgan fingerprint density at radius 2 is 2.00 bits per heavy atom. The van der Waals surface area contributed by atoms with E-state index in [1.165, 1.54) is 0 Å². The van der Waals surface area contributed by atoms with E-state index in [9.17, 15) is 4.79 Å². The Morgan fingerprint density at radius 3 is 2.31 bits per heavy atom. The van der Waals surface area contributed by atoms with Gasteiger partial charge in [0.2, 0.25) is 5.91 Å². The molecule has 0 heterocycles. The Balaban J connectivity index is 4.18. The van der Waals surface area contributed by atoms with Crippen molar-refractivity contribution in [1.82, 2.24) is 9.80 Å². The molecule has 4 heteroatoms. The zero-order chi connectivity index (χ0) is 10.4. The second kappa shape index (κ2) is 5.94. The van der Waals surface area contributed by atoms with Gasteiger partial charge in [0.25, 0.3) is 0 Å². The molecule has 1 amide bonds. The summed E-state index contributed by atoms with van der Waals surface area (Å²) in [7, 11) is 3.48. The largest absolute Gasteiger partial charge is 0.395 e. The van der Waals surface area contributed by atoms with Crippen LogP contribution in [0.3, 0.4) is 0 Å². The van der Waals surface area contributed by atoms with Crippen molar-refractivity contribution >= 4 is 5.91 Å². The minimum absolute atomic E-state index is 0.0790. The van der Waals surface area contributed by atoms with E-state index in [-0.39, 0.29) is 18.6 Å². The van der Waals surface area contributed by atoms with Gasteiger partial charge in [-0.25, -0.2) is 0 Å². The van der Waals surface area contributed by atoms with Crippen molar-refractivity contribution in [2.75, 3.05) is 33.8 Å². The van der Waals surface area contributed by atoms with Gasteiger partial charge in [-0.05, 0) is 13.5 Å². The van der Waals surface area contributed by atoms with Gasteiger partial charge in [-0.3, -0.25) is 9.69 Å². The molecule has 0 saturated carbocycles. The average molecular weight is 188 g/mol. The highest BCUT2D eigenvalue weighted by Gasteiger charge is 2.20. The molecule has 0 aliphatic carbocycles. The summed E-state index contributed by atoms with van der Waals surface area (Å²) in [5, 5.41) is 8.77. The van der Waals surface area contributed by atoms with Crippen LogP contribution < -0.4 is 0 Å². The number of aliphatic hydroxyl groups excluding tert-OH is 1. The molecule has 0 saturated heterocycles. The molecule has 0 rings (SSSR count). The SMILES string of the molecule is CCN(CCO)C(C)C(=O)N(C)C. The molecule has 1 unspecified atom stereocenters. The van der Waals surface area contributed by atoms with E-state index in [1.54, 1.807) is 19.0 Å². The van der Waals surface area contributed by atoms with Gasteiger partial charge in [0.15, 0.2) is 0 Å². The van der Waals surface area contributed by atoms with Gasteiger partial charge in [-0.2, -0.15) is 0 Å². The van der Waals surface area contributed by atoms with Crippen LogP contribution >= 0.6 is 0 Å². The van der Waals surface area contributed by atoms with Crippen LogP contribution in [0, 0.1) is 0 Å². The van der Waals surface area contributed by atoms with E-state index in [0.29, 0.717) is 6.54 Å².